The fraction of sp³-hybridized carbons (Fsp3) is 0.200. The molecule has 0 aromatic heterocycles. The number of hydrogen-bond acceptors (Lipinski definition) is 2. The molecule has 2 rings (SSSR count). The summed E-state index contributed by atoms with van der Waals surface area (Å²) < 4.78 is 24.3. The SMILES string of the molecule is COc1ccc(COc2cccc(Cl)c2CCl)c(F)c1. The maximum atomic E-state index is 13.8. The van der Waals surface area contributed by atoms with Gasteiger partial charge in [0.25, 0.3) is 0 Å². The molecule has 20 heavy (non-hydrogen) atoms. The van der Waals surface area contributed by atoms with Crippen molar-refractivity contribution < 1.29 is 13.9 Å². The third-order valence-electron chi connectivity index (χ3n) is 2.85. The van der Waals surface area contributed by atoms with E-state index in [0.29, 0.717) is 27.6 Å². The van der Waals surface area contributed by atoms with Crippen LogP contribution in [0.25, 0.3) is 0 Å². The molecule has 0 atom stereocenters. The summed E-state index contributed by atoms with van der Waals surface area (Å²) in [5.74, 6) is 0.886. The second kappa shape index (κ2) is 6.82. The van der Waals surface area contributed by atoms with Crippen molar-refractivity contribution in [1.82, 2.24) is 0 Å². The first-order chi connectivity index (χ1) is 9.65. The largest absolute Gasteiger partial charge is 0.497 e. The van der Waals surface area contributed by atoms with Crippen molar-refractivity contribution in [3.8, 4) is 11.5 Å². The van der Waals surface area contributed by atoms with Crippen molar-refractivity contribution >= 4 is 23.2 Å². The minimum Gasteiger partial charge on any atom is -0.497 e. The minimum atomic E-state index is -0.376. The van der Waals surface area contributed by atoms with Crippen LogP contribution in [0.15, 0.2) is 36.4 Å². The maximum absolute atomic E-state index is 13.8. The van der Waals surface area contributed by atoms with Gasteiger partial charge in [-0.3, -0.25) is 0 Å². The number of benzene rings is 2. The van der Waals surface area contributed by atoms with E-state index in [-0.39, 0.29) is 18.3 Å². The average Bonchev–Trinajstić information content (AvgIpc) is 2.46. The van der Waals surface area contributed by atoms with Crippen LogP contribution in [0.2, 0.25) is 5.02 Å². The molecule has 2 aromatic carbocycles. The van der Waals surface area contributed by atoms with E-state index >= 15 is 0 Å². The van der Waals surface area contributed by atoms with Crippen molar-refractivity contribution in [3.63, 3.8) is 0 Å². The van der Waals surface area contributed by atoms with Crippen LogP contribution in [0.5, 0.6) is 11.5 Å². The van der Waals surface area contributed by atoms with Crippen molar-refractivity contribution in [1.29, 1.82) is 0 Å². The van der Waals surface area contributed by atoms with Crippen molar-refractivity contribution in [2.45, 2.75) is 12.5 Å². The van der Waals surface area contributed by atoms with E-state index in [2.05, 4.69) is 0 Å². The fourth-order valence-electron chi connectivity index (χ4n) is 1.73. The molecule has 0 aliphatic rings. The van der Waals surface area contributed by atoms with Gasteiger partial charge in [0.1, 0.15) is 23.9 Å². The summed E-state index contributed by atoms with van der Waals surface area (Å²) >= 11 is 11.9. The number of alkyl halides is 1. The highest BCUT2D eigenvalue weighted by Gasteiger charge is 2.09. The number of halogens is 3. The first-order valence-corrected chi connectivity index (χ1v) is 6.85. The fourth-order valence-corrected chi connectivity index (χ4v) is 2.31. The Morgan fingerprint density at radius 2 is 2.00 bits per heavy atom. The molecule has 0 amide bonds. The normalized spacial score (nSPS) is 10.4. The first kappa shape index (κ1) is 14.9. The topological polar surface area (TPSA) is 18.5 Å². The summed E-state index contributed by atoms with van der Waals surface area (Å²) in [6.07, 6.45) is 0. The Morgan fingerprint density at radius 3 is 2.65 bits per heavy atom. The Hall–Kier alpha value is -1.45. The molecule has 0 radical (unpaired) electrons. The van der Waals surface area contributed by atoms with Gasteiger partial charge in [-0.15, -0.1) is 11.6 Å². The lowest BCUT2D eigenvalue weighted by molar-refractivity contribution is 0.297. The van der Waals surface area contributed by atoms with E-state index < -0.39 is 0 Å². The van der Waals surface area contributed by atoms with Gasteiger partial charge in [0.15, 0.2) is 0 Å². The zero-order valence-corrected chi connectivity index (χ0v) is 12.3. The predicted octanol–water partition coefficient (Wildman–Crippen LogP) is 4.81. The Kier molecular flexibility index (Phi) is 5.10. The van der Waals surface area contributed by atoms with E-state index in [1.54, 1.807) is 30.3 Å². The third kappa shape index (κ3) is 3.35. The summed E-state index contributed by atoms with van der Waals surface area (Å²) in [6, 6.07) is 9.88. The zero-order valence-electron chi connectivity index (χ0n) is 10.8. The number of methoxy groups -OCH3 is 1. The van der Waals surface area contributed by atoms with Crippen LogP contribution in [0.1, 0.15) is 11.1 Å². The second-order valence-corrected chi connectivity index (χ2v) is 4.77. The van der Waals surface area contributed by atoms with Gasteiger partial charge in [-0.25, -0.2) is 4.39 Å². The smallest absolute Gasteiger partial charge is 0.133 e. The molecule has 0 bridgehead atoms. The highest BCUT2D eigenvalue weighted by molar-refractivity contribution is 6.32. The van der Waals surface area contributed by atoms with Crippen LogP contribution in [0.4, 0.5) is 4.39 Å². The quantitative estimate of drug-likeness (QED) is 0.738. The molecule has 0 aliphatic heterocycles. The van der Waals surface area contributed by atoms with Gasteiger partial charge in [0.2, 0.25) is 0 Å². The van der Waals surface area contributed by atoms with Crippen molar-refractivity contribution in [2.75, 3.05) is 7.11 Å². The lowest BCUT2D eigenvalue weighted by Gasteiger charge is -2.12. The van der Waals surface area contributed by atoms with Gasteiger partial charge in [0, 0.05) is 22.2 Å². The standard InChI is InChI=1S/C15H13Cl2FO2/c1-19-11-6-5-10(14(18)7-11)9-20-15-4-2-3-13(17)12(15)8-16/h2-7H,8-9H2,1H3. The zero-order chi connectivity index (χ0) is 14.5. The minimum absolute atomic E-state index is 0.0973. The Balaban J connectivity index is 2.15. The van der Waals surface area contributed by atoms with Gasteiger partial charge < -0.3 is 9.47 Å². The lowest BCUT2D eigenvalue weighted by Crippen LogP contribution is -2.01. The molecule has 0 heterocycles. The summed E-state index contributed by atoms with van der Waals surface area (Å²) in [5.41, 5.74) is 1.14. The van der Waals surface area contributed by atoms with Gasteiger partial charge in [-0.05, 0) is 24.3 Å². The molecule has 0 saturated carbocycles. The molecular weight excluding hydrogens is 302 g/mol. The summed E-state index contributed by atoms with van der Waals surface area (Å²) in [7, 11) is 1.49. The third-order valence-corrected chi connectivity index (χ3v) is 3.47. The highest BCUT2D eigenvalue weighted by atomic mass is 35.5. The molecule has 0 fully saturated rings. The first-order valence-electron chi connectivity index (χ1n) is 5.94. The molecule has 5 heteroatoms. The van der Waals surface area contributed by atoms with E-state index in [1.165, 1.54) is 13.2 Å². The highest BCUT2D eigenvalue weighted by Crippen LogP contribution is 2.29. The molecule has 0 spiro atoms. The van der Waals surface area contributed by atoms with Crippen LogP contribution in [-0.4, -0.2) is 7.11 Å². The molecule has 106 valence electrons. The maximum Gasteiger partial charge on any atom is 0.133 e. The van der Waals surface area contributed by atoms with Crippen LogP contribution in [0, 0.1) is 5.82 Å². The monoisotopic (exact) mass is 314 g/mol. The molecule has 2 aromatic rings. The molecule has 0 unspecified atom stereocenters. The van der Waals surface area contributed by atoms with Crippen LogP contribution in [-0.2, 0) is 12.5 Å². The number of rotatable bonds is 5. The molecule has 0 saturated heterocycles. The Morgan fingerprint density at radius 1 is 1.20 bits per heavy atom. The molecular formula is C15H13Cl2FO2. The average molecular weight is 315 g/mol. The van der Waals surface area contributed by atoms with E-state index in [1.807, 2.05) is 0 Å². The van der Waals surface area contributed by atoms with Crippen LogP contribution in [0.3, 0.4) is 0 Å². The van der Waals surface area contributed by atoms with Gasteiger partial charge in [-0.1, -0.05) is 17.7 Å². The van der Waals surface area contributed by atoms with E-state index in [9.17, 15) is 4.39 Å². The molecule has 0 N–H and O–H groups in total. The lowest BCUT2D eigenvalue weighted by atomic mass is 10.2. The van der Waals surface area contributed by atoms with Crippen LogP contribution >= 0.6 is 23.2 Å². The number of hydrogen-bond donors (Lipinski definition) is 0. The molecule has 2 nitrogen and oxygen atoms in total. The summed E-state index contributed by atoms with van der Waals surface area (Å²) in [6.45, 7) is 0.0973. The summed E-state index contributed by atoms with van der Waals surface area (Å²) in [4.78, 5) is 0. The van der Waals surface area contributed by atoms with Crippen LogP contribution < -0.4 is 9.47 Å². The Bertz CT molecular complexity index is 602. The van der Waals surface area contributed by atoms with E-state index in [0.717, 1.165) is 0 Å². The Labute approximate surface area is 127 Å². The van der Waals surface area contributed by atoms with Gasteiger partial charge >= 0.3 is 0 Å². The van der Waals surface area contributed by atoms with Crippen molar-refractivity contribution in [3.05, 3.63) is 58.4 Å². The summed E-state index contributed by atoms with van der Waals surface area (Å²) in [5, 5.41) is 0.535. The number of ether oxygens (including phenoxy) is 2. The predicted molar refractivity (Wildman–Crippen MR) is 78.3 cm³/mol. The van der Waals surface area contributed by atoms with Gasteiger partial charge in [-0.2, -0.15) is 0 Å². The van der Waals surface area contributed by atoms with Crippen molar-refractivity contribution in [2.24, 2.45) is 0 Å². The molecule has 0 aliphatic carbocycles. The van der Waals surface area contributed by atoms with E-state index in [4.69, 9.17) is 32.7 Å². The van der Waals surface area contributed by atoms with Gasteiger partial charge in [0.05, 0.1) is 13.0 Å². The second-order valence-electron chi connectivity index (χ2n) is 4.10.